The number of hydrogen-bond donors (Lipinski definition) is 1. The summed E-state index contributed by atoms with van der Waals surface area (Å²) < 4.78 is 29.1. The van der Waals surface area contributed by atoms with Crippen molar-refractivity contribution in [1.82, 2.24) is 9.78 Å². The molecule has 6 nitrogen and oxygen atoms in total. The summed E-state index contributed by atoms with van der Waals surface area (Å²) in [7, 11) is -3.45. The Hall–Kier alpha value is -0.440. The fourth-order valence-electron chi connectivity index (χ4n) is 1.48. The summed E-state index contributed by atoms with van der Waals surface area (Å²) in [6.07, 6.45) is 0.531. The van der Waals surface area contributed by atoms with Crippen molar-refractivity contribution in [2.24, 2.45) is 5.73 Å². The minimum atomic E-state index is -3.45. The smallest absolute Gasteiger partial charge is 0.264 e. The highest BCUT2D eigenvalue weighted by atomic mass is 79.9. The molecular weight excluding hydrogens is 310 g/mol. The Morgan fingerprint density at radius 1 is 1.59 bits per heavy atom. The molecule has 1 aromatic heterocycles. The quantitative estimate of drug-likeness (QED) is 0.817. The molecular formula is C9H16BrN3O3S. The minimum absolute atomic E-state index is 0.181. The van der Waals surface area contributed by atoms with Gasteiger partial charge in [0.2, 0.25) is 0 Å². The first-order chi connectivity index (χ1) is 7.69. The molecule has 1 rings (SSSR count). The lowest BCUT2D eigenvalue weighted by molar-refractivity contribution is 0.201. The zero-order chi connectivity index (χ0) is 13.2. The fraction of sp³-hybridized carbons (Fsp3) is 0.667. The van der Waals surface area contributed by atoms with Crippen molar-refractivity contribution in [3.8, 4) is 0 Å². The summed E-state index contributed by atoms with van der Waals surface area (Å²) in [6, 6.07) is 1.62. The number of nitrogens with two attached hydrogens (primary N) is 1. The monoisotopic (exact) mass is 325 g/mol. The topological polar surface area (TPSA) is 87.2 Å². The molecule has 0 spiro atoms. The van der Waals surface area contributed by atoms with Crippen molar-refractivity contribution < 1.29 is 12.6 Å². The van der Waals surface area contributed by atoms with Crippen LogP contribution < -0.4 is 5.73 Å². The molecule has 0 saturated carbocycles. The van der Waals surface area contributed by atoms with Gasteiger partial charge in [0.25, 0.3) is 10.1 Å². The van der Waals surface area contributed by atoms with E-state index in [2.05, 4.69) is 21.0 Å². The Morgan fingerprint density at radius 2 is 2.18 bits per heavy atom. The second kappa shape index (κ2) is 5.47. The maximum Gasteiger partial charge on any atom is 0.264 e. The Kier molecular flexibility index (Phi) is 4.70. The van der Waals surface area contributed by atoms with Crippen LogP contribution in [0.1, 0.15) is 25.6 Å². The first-order valence-corrected chi connectivity index (χ1v) is 7.67. The lowest BCUT2D eigenvalue weighted by atomic mass is 10.2. The van der Waals surface area contributed by atoms with Gasteiger partial charge in [0.05, 0.1) is 24.6 Å². The molecule has 17 heavy (non-hydrogen) atoms. The van der Waals surface area contributed by atoms with E-state index in [1.165, 1.54) is 0 Å². The molecule has 2 atom stereocenters. The minimum Gasteiger partial charge on any atom is -0.323 e. The number of nitrogens with zero attached hydrogens (tertiary/aromatic N) is 2. The van der Waals surface area contributed by atoms with Crippen molar-refractivity contribution >= 4 is 26.0 Å². The molecule has 0 aromatic carbocycles. The second-order valence-corrected chi connectivity index (χ2v) is 6.39. The van der Waals surface area contributed by atoms with E-state index in [-0.39, 0.29) is 6.04 Å². The third-order valence-corrected chi connectivity index (χ3v) is 3.08. The van der Waals surface area contributed by atoms with Gasteiger partial charge in [-0.15, -0.1) is 0 Å². The highest BCUT2D eigenvalue weighted by Gasteiger charge is 2.16. The van der Waals surface area contributed by atoms with Crippen LogP contribution in [0.2, 0.25) is 0 Å². The largest absolute Gasteiger partial charge is 0.323 e. The van der Waals surface area contributed by atoms with Crippen LogP contribution in [0.15, 0.2) is 10.7 Å². The molecule has 0 saturated heterocycles. The molecule has 2 N–H and O–H groups in total. The third-order valence-electron chi connectivity index (χ3n) is 2.02. The maximum atomic E-state index is 11.0. The highest BCUT2D eigenvalue weighted by Crippen LogP contribution is 2.17. The summed E-state index contributed by atoms with van der Waals surface area (Å²) in [4.78, 5) is 0. The Labute approximate surface area is 109 Å². The van der Waals surface area contributed by atoms with Crippen LogP contribution >= 0.6 is 15.9 Å². The van der Waals surface area contributed by atoms with E-state index in [1.54, 1.807) is 17.7 Å². The van der Waals surface area contributed by atoms with Gasteiger partial charge in [0.1, 0.15) is 4.60 Å². The third kappa shape index (κ3) is 4.74. The van der Waals surface area contributed by atoms with Crippen LogP contribution in [0.3, 0.4) is 0 Å². The van der Waals surface area contributed by atoms with Gasteiger partial charge < -0.3 is 5.73 Å². The van der Waals surface area contributed by atoms with E-state index in [4.69, 9.17) is 9.92 Å². The van der Waals surface area contributed by atoms with Crippen molar-refractivity contribution in [1.29, 1.82) is 0 Å². The number of halogens is 1. The predicted molar refractivity (Wildman–Crippen MR) is 67.9 cm³/mol. The van der Waals surface area contributed by atoms with Gasteiger partial charge in [-0.1, -0.05) is 0 Å². The lowest BCUT2D eigenvalue weighted by Gasteiger charge is -2.14. The molecule has 1 heterocycles. The Balaban J connectivity index is 2.81. The lowest BCUT2D eigenvalue weighted by Crippen LogP contribution is -2.23. The average molecular weight is 326 g/mol. The summed E-state index contributed by atoms with van der Waals surface area (Å²) in [5.41, 5.74) is 6.61. The maximum absolute atomic E-state index is 11.0. The molecule has 0 amide bonds. The molecule has 0 aliphatic carbocycles. The molecule has 8 heteroatoms. The van der Waals surface area contributed by atoms with Gasteiger partial charge in [-0.3, -0.25) is 8.86 Å². The van der Waals surface area contributed by atoms with Crippen LogP contribution in [-0.4, -0.2) is 30.6 Å². The van der Waals surface area contributed by atoms with Gasteiger partial charge in [-0.05, 0) is 35.8 Å². The molecule has 0 fully saturated rings. The highest BCUT2D eigenvalue weighted by molar-refractivity contribution is 9.10. The van der Waals surface area contributed by atoms with Crippen LogP contribution in [0, 0.1) is 0 Å². The summed E-state index contributed by atoms with van der Waals surface area (Å²) in [5.74, 6) is 0. The molecule has 0 aliphatic rings. The summed E-state index contributed by atoms with van der Waals surface area (Å²) in [5, 5.41) is 4.18. The first-order valence-electron chi connectivity index (χ1n) is 5.06. The molecule has 1 aromatic rings. The van der Waals surface area contributed by atoms with Crippen molar-refractivity contribution in [3.05, 3.63) is 16.4 Å². The van der Waals surface area contributed by atoms with Gasteiger partial charge in [0, 0.05) is 6.04 Å². The zero-order valence-corrected chi connectivity index (χ0v) is 12.3. The molecule has 0 bridgehead atoms. The van der Waals surface area contributed by atoms with Crippen LogP contribution in [0.5, 0.6) is 0 Å². The van der Waals surface area contributed by atoms with Gasteiger partial charge in [-0.2, -0.15) is 13.5 Å². The summed E-state index contributed by atoms with van der Waals surface area (Å²) in [6.45, 7) is 3.83. The predicted octanol–water partition coefficient (Wildman–Crippen LogP) is 1.03. The fourth-order valence-corrected chi connectivity index (χ4v) is 2.57. The van der Waals surface area contributed by atoms with E-state index in [0.29, 0.717) is 11.1 Å². The zero-order valence-electron chi connectivity index (χ0n) is 9.92. The van der Waals surface area contributed by atoms with Crippen LogP contribution in [0.4, 0.5) is 0 Å². The van der Waals surface area contributed by atoms with Gasteiger partial charge >= 0.3 is 0 Å². The standard InChI is InChI=1S/C9H16BrN3O3S/c1-6(16-17(3,14)15)5-13-8(7(2)11)4-9(10)12-13/h4,6-7H,5,11H2,1-3H3. The van der Waals surface area contributed by atoms with E-state index in [1.807, 2.05) is 6.92 Å². The SMILES string of the molecule is CC(Cn1nc(Br)cc1C(C)N)OS(C)(=O)=O. The first kappa shape index (κ1) is 14.6. The Bertz CT molecular complexity index is 484. The van der Waals surface area contributed by atoms with Crippen molar-refractivity contribution in [2.75, 3.05) is 6.26 Å². The number of hydrogen-bond acceptors (Lipinski definition) is 5. The van der Waals surface area contributed by atoms with E-state index in [9.17, 15) is 8.42 Å². The van der Waals surface area contributed by atoms with Gasteiger partial charge in [0.15, 0.2) is 0 Å². The average Bonchev–Trinajstić information content (AvgIpc) is 2.42. The number of aromatic nitrogens is 2. The molecule has 0 radical (unpaired) electrons. The molecule has 2 unspecified atom stereocenters. The second-order valence-electron chi connectivity index (χ2n) is 3.97. The van der Waals surface area contributed by atoms with Crippen LogP contribution in [-0.2, 0) is 20.8 Å². The summed E-state index contributed by atoms with van der Waals surface area (Å²) >= 11 is 3.26. The van der Waals surface area contributed by atoms with Crippen molar-refractivity contribution in [3.63, 3.8) is 0 Å². The molecule has 98 valence electrons. The van der Waals surface area contributed by atoms with E-state index in [0.717, 1.165) is 11.9 Å². The normalized spacial score (nSPS) is 15.8. The van der Waals surface area contributed by atoms with Gasteiger partial charge in [-0.25, -0.2) is 0 Å². The Morgan fingerprint density at radius 3 is 2.65 bits per heavy atom. The molecule has 0 aliphatic heterocycles. The van der Waals surface area contributed by atoms with E-state index >= 15 is 0 Å². The van der Waals surface area contributed by atoms with Crippen molar-refractivity contribution in [2.45, 2.75) is 32.5 Å². The van der Waals surface area contributed by atoms with Crippen LogP contribution in [0.25, 0.3) is 0 Å². The van der Waals surface area contributed by atoms with E-state index < -0.39 is 16.2 Å². The number of rotatable bonds is 5.